The van der Waals surface area contributed by atoms with E-state index in [4.69, 9.17) is 9.73 Å². The molecule has 0 aromatic heterocycles. The van der Waals surface area contributed by atoms with E-state index in [1.807, 2.05) is 79.7 Å². The van der Waals surface area contributed by atoms with Gasteiger partial charge in [-0.3, -0.25) is 19.5 Å². The third-order valence-corrected chi connectivity index (χ3v) is 6.15. The Hall–Kier alpha value is -4.03. The van der Waals surface area contributed by atoms with Gasteiger partial charge in [0, 0.05) is 35.6 Å². The molecule has 0 saturated heterocycles. The Morgan fingerprint density at radius 3 is 2.53 bits per heavy atom. The molecule has 0 fully saturated rings. The fraction of sp³-hybridized carbons (Fsp3) is 0.179. The molecule has 6 nitrogen and oxygen atoms in total. The summed E-state index contributed by atoms with van der Waals surface area (Å²) in [5, 5.41) is 3.25. The second kappa shape index (κ2) is 8.72. The molecule has 4 aromatic rings. The Morgan fingerprint density at radius 2 is 1.74 bits per heavy atom. The number of likely N-dealkylation sites (N-methyl/N-ethyl adjacent to an activating group) is 1. The molecule has 5 rings (SSSR count). The first-order valence-electron chi connectivity index (χ1n) is 11.2. The number of fused-ring (bicyclic) bond motifs is 2. The zero-order chi connectivity index (χ0) is 23.8. The third-order valence-electron chi connectivity index (χ3n) is 6.15. The SMILES string of the molecule is COc1cccc(C=Nc2cccc3c4c5c(cccc5cc23)C(=O)N(CCN(C)C)C4=O)c1. The number of imide groups is 1. The van der Waals surface area contributed by atoms with Crippen molar-refractivity contribution in [1.29, 1.82) is 0 Å². The maximum atomic E-state index is 13.6. The smallest absolute Gasteiger partial charge is 0.262 e. The normalized spacial score (nSPS) is 13.6. The molecule has 6 heteroatoms. The summed E-state index contributed by atoms with van der Waals surface area (Å²) in [4.78, 5) is 34.9. The van der Waals surface area contributed by atoms with Gasteiger partial charge in [0.1, 0.15) is 5.75 Å². The van der Waals surface area contributed by atoms with Crippen molar-refractivity contribution in [3.05, 3.63) is 83.4 Å². The fourth-order valence-electron chi connectivity index (χ4n) is 4.44. The van der Waals surface area contributed by atoms with Crippen molar-refractivity contribution >= 4 is 45.3 Å². The monoisotopic (exact) mass is 451 g/mol. The number of nitrogens with zero attached hydrogens (tertiary/aromatic N) is 3. The van der Waals surface area contributed by atoms with Gasteiger partial charge in [-0.1, -0.05) is 36.4 Å². The van der Waals surface area contributed by atoms with E-state index in [1.165, 1.54) is 4.90 Å². The Balaban J connectivity index is 1.68. The molecule has 0 radical (unpaired) electrons. The minimum absolute atomic E-state index is 0.239. The molecule has 0 saturated carbocycles. The van der Waals surface area contributed by atoms with Crippen LogP contribution in [0.3, 0.4) is 0 Å². The van der Waals surface area contributed by atoms with Crippen molar-refractivity contribution in [1.82, 2.24) is 9.80 Å². The zero-order valence-corrected chi connectivity index (χ0v) is 19.4. The van der Waals surface area contributed by atoms with E-state index in [0.29, 0.717) is 24.2 Å². The van der Waals surface area contributed by atoms with Gasteiger partial charge in [0.2, 0.25) is 0 Å². The molecule has 0 bridgehead atoms. The van der Waals surface area contributed by atoms with Gasteiger partial charge in [-0.05, 0) is 60.8 Å². The standard InChI is InChI=1S/C28H25N3O3/c1-30(2)13-14-31-27(32)22-11-5-8-19-16-23-21(26(25(19)22)28(31)33)10-6-12-24(23)29-17-18-7-4-9-20(15-18)34-3/h4-12,15-17H,13-14H2,1-3H3. The number of hydrogen-bond donors (Lipinski definition) is 0. The number of rotatable bonds is 6. The topological polar surface area (TPSA) is 62.2 Å². The summed E-state index contributed by atoms with van der Waals surface area (Å²) < 4.78 is 5.30. The van der Waals surface area contributed by atoms with Crippen LogP contribution < -0.4 is 4.74 Å². The van der Waals surface area contributed by atoms with Gasteiger partial charge in [-0.25, -0.2) is 0 Å². The number of benzene rings is 4. The minimum Gasteiger partial charge on any atom is -0.497 e. The summed E-state index contributed by atoms with van der Waals surface area (Å²) in [7, 11) is 5.49. The molecular weight excluding hydrogens is 426 g/mol. The first-order valence-corrected chi connectivity index (χ1v) is 11.2. The summed E-state index contributed by atoms with van der Waals surface area (Å²) in [5.74, 6) is 0.268. The molecule has 1 aliphatic heterocycles. The first kappa shape index (κ1) is 21.8. The lowest BCUT2D eigenvalue weighted by molar-refractivity contribution is 0.0602. The quantitative estimate of drug-likeness (QED) is 0.237. The maximum absolute atomic E-state index is 13.6. The summed E-state index contributed by atoms with van der Waals surface area (Å²) in [6, 6.07) is 21.1. The average molecular weight is 452 g/mol. The van der Waals surface area contributed by atoms with Gasteiger partial charge in [0.05, 0.1) is 18.4 Å². The van der Waals surface area contributed by atoms with Crippen molar-refractivity contribution in [2.24, 2.45) is 4.99 Å². The Morgan fingerprint density at radius 1 is 0.941 bits per heavy atom. The lowest BCUT2D eigenvalue weighted by atomic mass is 9.89. The van der Waals surface area contributed by atoms with Crippen molar-refractivity contribution in [2.45, 2.75) is 0 Å². The van der Waals surface area contributed by atoms with Gasteiger partial charge in [-0.15, -0.1) is 0 Å². The molecule has 2 amide bonds. The summed E-state index contributed by atoms with van der Waals surface area (Å²) in [6.45, 7) is 0.939. The predicted molar refractivity (Wildman–Crippen MR) is 136 cm³/mol. The van der Waals surface area contributed by atoms with E-state index in [0.717, 1.165) is 38.5 Å². The fourth-order valence-corrected chi connectivity index (χ4v) is 4.44. The van der Waals surface area contributed by atoms with Crippen LogP contribution in [0, 0.1) is 0 Å². The Labute approximate surface area is 198 Å². The number of methoxy groups -OCH3 is 1. The third kappa shape index (κ3) is 3.72. The summed E-state index contributed by atoms with van der Waals surface area (Å²) >= 11 is 0. The van der Waals surface area contributed by atoms with Crippen molar-refractivity contribution in [2.75, 3.05) is 34.3 Å². The molecule has 0 spiro atoms. The number of ether oxygens (including phenoxy) is 1. The number of hydrogen-bond acceptors (Lipinski definition) is 5. The van der Waals surface area contributed by atoms with Crippen LogP contribution in [0.15, 0.2) is 71.7 Å². The maximum Gasteiger partial charge on any atom is 0.262 e. The van der Waals surface area contributed by atoms with E-state index in [-0.39, 0.29) is 11.8 Å². The van der Waals surface area contributed by atoms with Gasteiger partial charge in [0.25, 0.3) is 11.8 Å². The molecule has 34 heavy (non-hydrogen) atoms. The van der Waals surface area contributed by atoms with Crippen LogP contribution in [0.2, 0.25) is 0 Å². The molecule has 1 heterocycles. The first-order chi connectivity index (χ1) is 16.5. The van der Waals surface area contributed by atoms with Gasteiger partial charge >= 0.3 is 0 Å². The van der Waals surface area contributed by atoms with Crippen LogP contribution in [0.4, 0.5) is 5.69 Å². The molecule has 0 N–H and O–H groups in total. The molecule has 1 aliphatic rings. The molecule has 0 unspecified atom stereocenters. The lowest BCUT2D eigenvalue weighted by Gasteiger charge is -2.29. The minimum atomic E-state index is -0.255. The van der Waals surface area contributed by atoms with Crippen LogP contribution >= 0.6 is 0 Å². The van der Waals surface area contributed by atoms with Crippen LogP contribution in [0.25, 0.3) is 21.5 Å². The lowest BCUT2D eigenvalue weighted by Crippen LogP contribution is -2.43. The highest BCUT2D eigenvalue weighted by molar-refractivity contribution is 6.31. The van der Waals surface area contributed by atoms with Crippen LogP contribution in [0.5, 0.6) is 5.75 Å². The Bertz CT molecular complexity index is 1470. The molecule has 0 atom stereocenters. The highest BCUT2D eigenvalue weighted by atomic mass is 16.5. The summed E-state index contributed by atoms with van der Waals surface area (Å²) in [6.07, 6.45) is 1.79. The highest BCUT2D eigenvalue weighted by Gasteiger charge is 2.34. The zero-order valence-electron chi connectivity index (χ0n) is 19.4. The van der Waals surface area contributed by atoms with Crippen molar-refractivity contribution in [3.8, 4) is 5.75 Å². The average Bonchev–Trinajstić information content (AvgIpc) is 2.84. The largest absolute Gasteiger partial charge is 0.497 e. The van der Waals surface area contributed by atoms with Crippen molar-refractivity contribution in [3.63, 3.8) is 0 Å². The Kier molecular flexibility index (Phi) is 5.59. The van der Waals surface area contributed by atoms with Gasteiger partial charge in [-0.2, -0.15) is 0 Å². The van der Waals surface area contributed by atoms with E-state index in [9.17, 15) is 9.59 Å². The molecule has 4 aromatic carbocycles. The second-order valence-electron chi connectivity index (χ2n) is 8.63. The predicted octanol–water partition coefficient (Wildman–Crippen LogP) is 4.91. The number of carbonyl (C=O) groups excluding carboxylic acids is 2. The molecule has 170 valence electrons. The second-order valence-corrected chi connectivity index (χ2v) is 8.63. The van der Waals surface area contributed by atoms with E-state index < -0.39 is 0 Å². The van der Waals surface area contributed by atoms with Crippen LogP contribution in [0.1, 0.15) is 26.3 Å². The van der Waals surface area contributed by atoms with E-state index >= 15 is 0 Å². The molecule has 0 aliphatic carbocycles. The van der Waals surface area contributed by atoms with E-state index in [2.05, 4.69) is 0 Å². The van der Waals surface area contributed by atoms with Gasteiger partial charge in [0.15, 0.2) is 0 Å². The van der Waals surface area contributed by atoms with Crippen molar-refractivity contribution < 1.29 is 14.3 Å². The number of carbonyl (C=O) groups is 2. The van der Waals surface area contributed by atoms with Crippen LogP contribution in [-0.4, -0.2) is 62.1 Å². The van der Waals surface area contributed by atoms with Crippen LogP contribution in [-0.2, 0) is 0 Å². The summed E-state index contributed by atoms with van der Waals surface area (Å²) in [5.41, 5.74) is 2.81. The van der Waals surface area contributed by atoms with Gasteiger partial charge < -0.3 is 9.64 Å². The molecular formula is C28H25N3O3. The van der Waals surface area contributed by atoms with E-state index in [1.54, 1.807) is 19.4 Å². The number of amides is 2. The number of aliphatic imine (C=N–C) groups is 1. The highest BCUT2D eigenvalue weighted by Crippen LogP contribution is 2.38.